The lowest BCUT2D eigenvalue weighted by Crippen LogP contribution is -2.29. The van der Waals surface area contributed by atoms with Gasteiger partial charge in [-0.2, -0.15) is 18.2 Å². The Hall–Kier alpha value is -1.94. The van der Waals surface area contributed by atoms with Gasteiger partial charge >= 0.3 is 6.18 Å². The van der Waals surface area contributed by atoms with E-state index < -0.39 is 45.8 Å². The molecule has 0 unspecified atom stereocenters. The summed E-state index contributed by atoms with van der Waals surface area (Å²) in [7, 11) is -3.75. The maximum Gasteiger partial charge on any atom is 0.396 e. The van der Waals surface area contributed by atoms with E-state index in [0.29, 0.717) is 0 Å². The van der Waals surface area contributed by atoms with Crippen LogP contribution in [0.1, 0.15) is 31.5 Å². The van der Waals surface area contributed by atoms with E-state index in [9.17, 15) is 21.6 Å². The van der Waals surface area contributed by atoms with Gasteiger partial charge in [-0.05, 0) is 17.5 Å². The average Bonchev–Trinajstić information content (AvgIpc) is 2.82. The zero-order valence-corrected chi connectivity index (χ0v) is 14.2. The molecule has 1 fully saturated rings. The molecule has 136 valence electrons. The van der Waals surface area contributed by atoms with E-state index in [1.807, 2.05) is 0 Å². The first-order valence-electron chi connectivity index (χ1n) is 7.47. The highest BCUT2D eigenvalue weighted by molar-refractivity contribution is 7.89. The van der Waals surface area contributed by atoms with Crippen LogP contribution in [0.4, 0.5) is 13.2 Å². The monoisotopic (exact) mass is 375 g/mol. The van der Waals surface area contributed by atoms with Crippen molar-refractivity contribution in [3.63, 3.8) is 0 Å². The lowest BCUT2D eigenvalue weighted by molar-refractivity contribution is -0.128. The van der Waals surface area contributed by atoms with Crippen LogP contribution in [0, 0.1) is 5.41 Å². The van der Waals surface area contributed by atoms with Gasteiger partial charge in [0.1, 0.15) is 6.42 Å². The van der Waals surface area contributed by atoms with Crippen molar-refractivity contribution in [3.05, 3.63) is 42.0 Å². The minimum absolute atomic E-state index is 0.00464. The van der Waals surface area contributed by atoms with Gasteiger partial charge in [0, 0.05) is 6.04 Å². The smallest absolute Gasteiger partial charge is 0.339 e. The fraction of sp³-hybridized carbons (Fsp3) is 0.467. The van der Waals surface area contributed by atoms with E-state index in [0.717, 1.165) is 0 Å². The Kier molecular flexibility index (Phi) is 4.15. The summed E-state index contributed by atoms with van der Waals surface area (Å²) in [5, 5.41) is 3.33. The van der Waals surface area contributed by atoms with Crippen molar-refractivity contribution in [1.82, 2.24) is 14.9 Å². The Morgan fingerprint density at radius 1 is 1.24 bits per heavy atom. The van der Waals surface area contributed by atoms with Crippen LogP contribution in [0.2, 0.25) is 0 Å². The standard InChI is InChI=1S/C15H16F3N3O3S/c1-14(2)11(13-19-10(20-24-13)8-15(16,17)18)12(14)21-25(22,23)9-6-4-3-5-7-9/h3-7,11-12,21H,8H2,1-2H3/t11-,12-/m0/s1. The fourth-order valence-corrected chi connectivity index (χ4v) is 4.22. The van der Waals surface area contributed by atoms with Crippen LogP contribution in [-0.2, 0) is 16.4 Å². The van der Waals surface area contributed by atoms with Gasteiger partial charge in [-0.15, -0.1) is 0 Å². The molecule has 1 aromatic heterocycles. The first-order valence-corrected chi connectivity index (χ1v) is 8.96. The number of sulfonamides is 1. The first-order chi connectivity index (χ1) is 11.5. The molecule has 0 amide bonds. The van der Waals surface area contributed by atoms with Gasteiger partial charge in [0.15, 0.2) is 5.82 Å². The first kappa shape index (κ1) is 17.9. The Bertz CT molecular complexity index is 863. The molecule has 3 rings (SSSR count). The Labute approximate surface area is 142 Å². The summed E-state index contributed by atoms with van der Waals surface area (Å²) in [6, 6.07) is 7.28. The molecule has 0 spiro atoms. The second kappa shape index (κ2) is 5.80. The summed E-state index contributed by atoms with van der Waals surface area (Å²) in [6.07, 6.45) is -5.72. The number of halogens is 3. The van der Waals surface area contributed by atoms with Crippen LogP contribution in [0.25, 0.3) is 0 Å². The maximum absolute atomic E-state index is 12.4. The molecule has 10 heteroatoms. The van der Waals surface area contributed by atoms with Gasteiger partial charge in [-0.1, -0.05) is 37.2 Å². The Balaban J connectivity index is 1.77. The quantitative estimate of drug-likeness (QED) is 0.868. The van der Waals surface area contributed by atoms with E-state index in [1.165, 1.54) is 12.1 Å². The summed E-state index contributed by atoms with van der Waals surface area (Å²) in [6.45, 7) is 3.56. The molecule has 1 heterocycles. The largest absolute Gasteiger partial charge is 0.396 e. The van der Waals surface area contributed by atoms with Crippen molar-refractivity contribution in [1.29, 1.82) is 0 Å². The van der Waals surface area contributed by atoms with Gasteiger partial charge in [-0.3, -0.25) is 0 Å². The van der Waals surface area contributed by atoms with Gasteiger partial charge in [0.25, 0.3) is 0 Å². The summed E-state index contributed by atoms with van der Waals surface area (Å²) >= 11 is 0. The van der Waals surface area contributed by atoms with Crippen molar-refractivity contribution >= 4 is 10.0 Å². The molecule has 2 atom stereocenters. The van der Waals surface area contributed by atoms with Crippen LogP contribution >= 0.6 is 0 Å². The normalized spacial score (nSPS) is 22.8. The zero-order chi connectivity index (χ0) is 18.5. The van der Waals surface area contributed by atoms with Gasteiger partial charge in [0.2, 0.25) is 15.9 Å². The number of hydrogen-bond donors (Lipinski definition) is 1. The topological polar surface area (TPSA) is 85.1 Å². The third-order valence-electron chi connectivity index (χ3n) is 4.27. The number of benzene rings is 1. The Morgan fingerprint density at radius 3 is 2.48 bits per heavy atom. The molecule has 25 heavy (non-hydrogen) atoms. The molecular formula is C15H16F3N3O3S. The third-order valence-corrected chi connectivity index (χ3v) is 5.73. The molecule has 0 bridgehead atoms. The van der Waals surface area contributed by atoms with Crippen LogP contribution in [-0.4, -0.2) is 30.8 Å². The van der Waals surface area contributed by atoms with Crippen molar-refractivity contribution < 1.29 is 26.1 Å². The maximum atomic E-state index is 12.4. The van der Waals surface area contributed by atoms with Crippen molar-refractivity contribution in [2.75, 3.05) is 0 Å². The SMILES string of the molecule is CC1(C)[C@H](c2nc(CC(F)(F)F)no2)[C@@H]1NS(=O)(=O)c1ccccc1. The van der Waals surface area contributed by atoms with E-state index in [4.69, 9.17) is 4.52 Å². The lowest BCUT2D eigenvalue weighted by Gasteiger charge is -2.07. The van der Waals surface area contributed by atoms with Crippen molar-refractivity contribution in [2.45, 2.75) is 43.3 Å². The molecule has 1 aliphatic carbocycles. The van der Waals surface area contributed by atoms with Gasteiger partial charge < -0.3 is 4.52 Å². The molecule has 2 aromatic rings. The molecule has 0 aliphatic heterocycles. The van der Waals surface area contributed by atoms with Crippen LogP contribution in [0.3, 0.4) is 0 Å². The minimum atomic E-state index is -4.44. The summed E-state index contributed by atoms with van der Waals surface area (Å²) in [5.74, 6) is -0.944. The zero-order valence-electron chi connectivity index (χ0n) is 13.4. The van der Waals surface area contributed by atoms with Gasteiger partial charge in [0.05, 0.1) is 10.8 Å². The number of nitrogens with one attached hydrogen (secondary N) is 1. The molecule has 0 radical (unpaired) electrons. The average molecular weight is 375 g/mol. The number of aromatic nitrogens is 2. The summed E-state index contributed by atoms with van der Waals surface area (Å²) in [4.78, 5) is 3.88. The molecule has 1 aromatic carbocycles. The second-order valence-corrected chi connectivity index (χ2v) is 8.27. The fourth-order valence-electron chi connectivity index (χ4n) is 2.80. The molecule has 0 saturated heterocycles. The number of nitrogens with zero attached hydrogens (tertiary/aromatic N) is 2. The highest BCUT2D eigenvalue weighted by Gasteiger charge is 2.63. The van der Waals surface area contributed by atoms with E-state index in [-0.39, 0.29) is 10.8 Å². The summed E-state index contributed by atoms with van der Waals surface area (Å²) in [5.41, 5.74) is -0.552. The lowest BCUT2D eigenvalue weighted by atomic mass is 10.1. The van der Waals surface area contributed by atoms with Crippen molar-refractivity contribution in [3.8, 4) is 0 Å². The number of alkyl halides is 3. The predicted molar refractivity (Wildman–Crippen MR) is 81.1 cm³/mol. The second-order valence-electron chi connectivity index (χ2n) is 6.55. The van der Waals surface area contributed by atoms with E-state index >= 15 is 0 Å². The van der Waals surface area contributed by atoms with E-state index in [2.05, 4.69) is 14.9 Å². The highest BCUT2D eigenvalue weighted by Crippen LogP contribution is 2.58. The molecular weight excluding hydrogens is 359 g/mol. The van der Waals surface area contributed by atoms with E-state index in [1.54, 1.807) is 32.0 Å². The molecule has 1 saturated carbocycles. The predicted octanol–water partition coefficient (Wildman–Crippen LogP) is 2.64. The Morgan fingerprint density at radius 2 is 1.88 bits per heavy atom. The molecule has 6 nitrogen and oxygen atoms in total. The minimum Gasteiger partial charge on any atom is -0.339 e. The number of hydrogen-bond acceptors (Lipinski definition) is 5. The molecule has 1 aliphatic rings. The van der Waals surface area contributed by atoms with Crippen LogP contribution < -0.4 is 4.72 Å². The number of rotatable bonds is 5. The van der Waals surface area contributed by atoms with Gasteiger partial charge in [-0.25, -0.2) is 13.1 Å². The summed E-state index contributed by atoms with van der Waals surface area (Å²) < 4.78 is 69.5. The third kappa shape index (κ3) is 3.69. The van der Waals surface area contributed by atoms with Crippen LogP contribution in [0.5, 0.6) is 0 Å². The van der Waals surface area contributed by atoms with Crippen molar-refractivity contribution in [2.24, 2.45) is 5.41 Å². The van der Waals surface area contributed by atoms with Crippen LogP contribution in [0.15, 0.2) is 39.8 Å². The molecule has 1 N–H and O–H groups in total. The highest BCUT2D eigenvalue weighted by atomic mass is 32.2.